The van der Waals surface area contributed by atoms with Crippen LogP contribution >= 0.6 is 11.8 Å². The number of amides is 2. The van der Waals surface area contributed by atoms with E-state index in [9.17, 15) is 19.5 Å². The summed E-state index contributed by atoms with van der Waals surface area (Å²) in [5, 5.41) is 10.5. The zero-order valence-corrected chi connectivity index (χ0v) is 23.2. The average molecular weight is 521 g/mol. The Morgan fingerprint density at radius 1 is 1.31 bits per heavy atom. The maximum atomic E-state index is 14.7. The molecular formula is C28H44N2O5S. The van der Waals surface area contributed by atoms with Gasteiger partial charge in [-0.25, -0.2) is 0 Å². The van der Waals surface area contributed by atoms with Gasteiger partial charge in [-0.3, -0.25) is 14.4 Å². The summed E-state index contributed by atoms with van der Waals surface area (Å²) in [6.45, 7) is 12.4. The Morgan fingerprint density at radius 2 is 2.00 bits per heavy atom. The van der Waals surface area contributed by atoms with Crippen LogP contribution in [0.5, 0.6) is 0 Å². The molecule has 1 spiro atoms. The highest BCUT2D eigenvalue weighted by molar-refractivity contribution is 8.02. The van der Waals surface area contributed by atoms with Crippen LogP contribution < -0.4 is 0 Å². The van der Waals surface area contributed by atoms with Crippen molar-refractivity contribution in [2.45, 2.75) is 101 Å². The molecule has 0 radical (unpaired) electrons. The topological polar surface area (TPSA) is 87.2 Å². The molecule has 4 rings (SSSR count). The summed E-state index contributed by atoms with van der Waals surface area (Å²) in [6.07, 6.45) is 8.64. The van der Waals surface area contributed by atoms with Crippen LogP contribution in [-0.4, -0.2) is 80.6 Å². The van der Waals surface area contributed by atoms with Gasteiger partial charge in [0.05, 0.1) is 35.8 Å². The monoisotopic (exact) mass is 520 g/mol. The normalized spacial score (nSPS) is 35.4. The van der Waals surface area contributed by atoms with E-state index in [2.05, 4.69) is 13.5 Å². The molecule has 1 aliphatic carbocycles. The third kappa shape index (κ3) is 4.20. The first-order valence-electron chi connectivity index (χ1n) is 14.0. The second-order valence-corrected chi connectivity index (χ2v) is 12.8. The summed E-state index contributed by atoms with van der Waals surface area (Å²) in [5.74, 6) is -1.55. The molecule has 3 saturated heterocycles. The first-order valence-corrected chi connectivity index (χ1v) is 14.8. The lowest BCUT2D eigenvalue weighted by Gasteiger charge is -2.45. The van der Waals surface area contributed by atoms with Crippen molar-refractivity contribution in [3.8, 4) is 0 Å². The van der Waals surface area contributed by atoms with Crippen molar-refractivity contribution in [3.05, 3.63) is 12.7 Å². The standard InChI is InChI=1S/C28H44N2O5S/c1-6-14-29(19-12-10-9-11-13-19)26(33)24-28-18(5)15-21(36-28)22(27(34)35-8-3)23(28)25(32)30(24)20(16-31)17(4)7-2/h6,17-24,31H,1,7-16H2,2-5H3/t17-,18?,20-,21-,22+,23-,24?,28?/m0/s1. The molecule has 7 nitrogen and oxygen atoms in total. The zero-order valence-electron chi connectivity index (χ0n) is 22.4. The van der Waals surface area contributed by atoms with Gasteiger partial charge >= 0.3 is 5.97 Å². The van der Waals surface area contributed by atoms with Crippen molar-refractivity contribution in [1.82, 2.24) is 9.80 Å². The molecule has 2 bridgehead atoms. The molecule has 8 heteroatoms. The number of aliphatic hydroxyl groups excluding tert-OH is 1. The minimum absolute atomic E-state index is 0.0190. The van der Waals surface area contributed by atoms with E-state index in [4.69, 9.17) is 4.74 Å². The van der Waals surface area contributed by atoms with Gasteiger partial charge in [0.2, 0.25) is 11.8 Å². The number of rotatable bonds is 10. The number of hydrogen-bond donors (Lipinski definition) is 1. The molecule has 1 saturated carbocycles. The average Bonchev–Trinajstić information content (AvgIpc) is 3.47. The summed E-state index contributed by atoms with van der Waals surface area (Å²) in [4.78, 5) is 45.8. The van der Waals surface area contributed by atoms with Gasteiger partial charge in [-0.1, -0.05) is 52.5 Å². The van der Waals surface area contributed by atoms with Gasteiger partial charge in [0, 0.05) is 17.8 Å². The van der Waals surface area contributed by atoms with Crippen LogP contribution in [0.15, 0.2) is 12.7 Å². The maximum absolute atomic E-state index is 14.7. The van der Waals surface area contributed by atoms with Crippen molar-refractivity contribution < 1.29 is 24.2 Å². The van der Waals surface area contributed by atoms with Crippen molar-refractivity contribution in [3.63, 3.8) is 0 Å². The fourth-order valence-corrected chi connectivity index (χ4v) is 9.92. The number of thioether (sulfide) groups is 1. The summed E-state index contributed by atoms with van der Waals surface area (Å²) >= 11 is 1.67. The SMILES string of the molecule is C=CCN(C(=O)C1N([C@@H](CO)[C@@H](C)CC)C(=O)[C@@H]2[C@H](C(=O)OCC)[C@@H]3CC(C)C12S3)C1CCCCC1. The Labute approximate surface area is 220 Å². The molecular weight excluding hydrogens is 476 g/mol. The van der Waals surface area contributed by atoms with Crippen LogP contribution in [-0.2, 0) is 19.1 Å². The maximum Gasteiger partial charge on any atom is 0.310 e. The van der Waals surface area contributed by atoms with Crippen LogP contribution in [0.3, 0.4) is 0 Å². The van der Waals surface area contributed by atoms with E-state index in [0.29, 0.717) is 6.54 Å². The van der Waals surface area contributed by atoms with Crippen LogP contribution in [0.1, 0.15) is 72.6 Å². The van der Waals surface area contributed by atoms with E-state index in [1.165, 1.54) is 6.42 Å². The Morgan fingerprint density at radius 3 is 2.58 bits per heavy atom. The molecule has 1 N–H and O–H groups in total. The predicted octanol–water partition coefficient (Wildman–Crippen LogP) is 3.64. The molecule has 3 unspecified atom stereocenters. The Hall–Kier alpha value is -1.54. The molecule has 0 aromatic heterocycles. The van der Waals surface area contributed by atoms with Crippen LogP contribution in [0.25, 0.3) is 0 Å². The highest BCUT2D eigenvalue weighted by atomic mass is 32.2. The fourth-order valence-electron chi connectivity index (χ4n) is 7.53. The van der Waals surface area contributed by atoms with E-state index in [-0.39, 0.29) is 54.1 Å². The van der Waals surface area contributed by atoms with E-state index in [1.54, 1.807) is 29.7 Å². The molecule has 2 amide bonds. The lowest BCUT2D eigenvalue weighted by molar-refractivity contribution is -0.154. The first-order chi connectivity index (χ1) is 17.3. The third-order valence-corrected chi connectivity index (χ3v) is 11.5. The van der Waals surface area contributed by atoms with Crippen molar-refractivity contribution in [1.29, 1.82) is 0 Å². The third-order valence-electron chi connectivity index (χ3n) is 9.45. The number of aliphatic hydroxyl groups is 1. The van der Waals surface area contributed by atoms with E-state index < -0.39 is 28.7 Å². The molecule has 202 valence electrons. The number of likely N-dealkylation sites (tertiary alicyclic amines) is 1. The molecule has 4 aliphatic rings. The second kappa shape index (κ2) is 11.1. The van der Waals surface area contributed by atoms with Gasteiger partial charge in [-0.2, -0.15) is 0 Å². The first kappa shape index (κ1) is 27.5. The Bertz CT molecular complexity index is 861. The quantitative estimate of drug-likeness (QED) is 0.350. The summed E-state index contributed by atoms with van der Waals surface area (Å²) < 4.78 is 4.76. The number of hydrogen-bond acceptors (Lipinski definition) is 6. The highest BCUT2D eigenvalue weighted by Crippen LogP contribution is 2.69. The highest BCUT2D eigenvalue weighted by Gasteiger charge is 2.77. The Kier molecular flexibility index (Phi) is 8.45. The van der Waals surface area contributed by atoms with Gasteiger partial charge in [0.1, 0.15) is 6.04 Å². The molecule has 0 aromatic carbocycles. The van der Waals surface area contributed by atoms with E-state index in [0.717, 1.165) is 38.5 Å². The molecule has 3 aliphatic heterocycles. The van der Waals surface area contributed by atoms with Crippen LogP contribution in [0.4, 0.5) is 0 Å². The van der Waals surface area contributed by atoms with Gasteiger partial charge in [-0.15, -0.1) is 18.3 Å². The second-order valence-electron chi connectivity index (χ2n) is 11.3. The number of carbonyl (C=O) groups is 3. The fraction of sp³-hybridized carbons (Fsp3) is 0.821. The summed E-state index contributed by atoms with van der Waals surface area (Å²) in [6, 6.07) is -1.04. The smallest absolute Gasteiger partial charge is 0.310 e. The lowest BCUT2D eigenvalue weighted by Crippen LogP contribution is -2.61. The van der Waals surface area contributed by atoms with Crippen molar-refractivity contribution in [2.75, 3.05) is 19.8 Å². The van der Waals surface area contributed by atoms with Crippen LogP contribution in [0.2, 0.25) is 0 Å². The number of nitrogens with zero attached hydrogens (tertiary/aromatic N) is 2. The zero-order chi connectivity index (χ0) is 26.2. The van der Waals surface area contributed by atoms with Crippen molar-refractivity contribution in [2.24, 2.45) is 23.7 Å². The number of esters is 1. The van der Waals surface area contributed by atoms with E-state index in [1.807, 2.05) is 18.7 Å². The van der Waals surface area contributed by atoms with Crippen LogP contribution in [0, 0.1) is 23.7 Å². The Balaban J connectivity index is 1.82. The van der Waals surface area contributed by atoms with Gasteiger partial charge in [0.15, 0.2) is 0 Å². The number of ether oxygens (including phenoxy) is 1. The molecule has 36 heavy (non-hydrogen) atoms. The van der Waals surface area contributed by atoms with Gasteiger partial charge < -0.3 is 19.6 Å². The minimum atomic E-state index is -0.701. The summed E-state index contributed by atoms with van der Waals surface area (Å²) in [7, 11) is 0. The van der Waals surface area contributed by atoms with Gasteiger partial charge in [-0.05, 0) is 38.0 Å². The van der Waals surface area contributed by atoms with Gasteiger partial charge in [0.25, 0.3) is 0 Å². The predicted molar refractivity (Wildman–Crippen MR) is 141 cm³/mol. The number of fused-ring (bicyclic) bond motifs is 1. The molecule has 0 aromatic rings. The minimum Gasteiger partial charge on any atom is -0.466 e. The molecule has 8 atom stereocenters. The largest absolute Gasteiger partial charge is 0.466 e. The van der Waals surface area contributed by atoms with E-state index >= 15 is 0 Å². The van der Waals surface area contributed by atoms with Crippen molar-refractivity contribution >= 4 is 29.5 Å². The summed E-state index contributed by atoms with van der Waals surface area (Å²) in [5.41, 5.74) is 0. The molecule has 3 heterocycles. The number of carbonyl (C=O) groups excluding carboxylic acids is 3. The molecule has 4 fully saturated rings. The lowest BCUT2D eigenvalue weighted by atomic mass is 9.66.